The molecule has 0 heterocycles. The van der Waals surface area contributed by atoms with Crippen molar-refractivity contribution in [3.05, 3.63) is 0 Å². The Balaban J connectivity index is 0. The monoisotopic (exact) mass is 155 g/mol. The molecule has 0 amide bonds. The average molecular weight is 156 g/mol. The van der Waals surface area contributed by atoms with E-state index in [2.05, 4.69) is 0 Å². The summed E-state index contributed by atoms with van der Waals surface area (Å²) in [6.07, 6.45) is 0. The summed E-state index contributed by atoms with van der Waals surface area (Å²) >= 11 is -1.38. The zero-order chi connectivity index (χ0) is 2.71. The van der Waals surface area contributed by atoms with Gasteiger partial charge in [-0.15, -0.1) is 0 Å². The molecule has 0 atom stereocenters. The van der Waals surface area contributed by atoms with Gasteiger partial charge < -0.3 is 0 Å². The van der Waals surface area contributed by atoms with Crippen LogP contribution in [0.5, 0.6) is 0 Å². The first-order chi connectivity index (χ1) is 1.41. The Hall–Kier alpha value is 0.860. The summed E-state index contributed by atoms with van der Waals surface area (Å²) in [7, 11) is 0. The van der Waals surface area contributed by atoms with E-state index in [-0.39, 0.29) is 16.8 Å². The predicted molar refractivity (Wildman–Crippen MR) is 2.22 cm³/mol. The number of hydrogen-bond acceptors (Lipinski definition) is 0. The third kappa shape index (κ3) is 13.4. The Morgan fingerprint density at radius 3 is 1.25 bits per heavy atom. The second-order valence-electron chi connectivity index (χ2n) is 0.0452. The van der Waals surface area contributed by atoms with E-state index in [0.717, 1.165) is 0 Å². The van der Waals surface area contributed by atoms with E-state index >= 15 is 0 Å². The van der Waals surface area contributed by atoms with Crippen LogP contribution in [0.4, 0.5) is 7.21 Å². The van der Waals surface area contributed by atoms with Crippen molar-refractivity contribution in [3.8, 4) is 0 Å². The van der Waals surface area contributed by atoms with Crippen molar-refractivity contribution < 1.29 is 39.3 Å². The molecule has 0 saturated heterocycles. The molecular formula is CoF2Ni. The zero-order valence-electron chi connectivity index (χ0n) is 1.41. The van der Waals surface area contributed by atoms with E-state index < -0.39 is 15.3 Å². The molecule has 33 valence electrons. The molecule has 0 nitrogen and oxygen atoms in total. The van der Waals surface area contributed by atoms with Crippen LogP contribution >= 0.6 is 0 Å². The normalized spacial score (nSPS) is 5.50. The summed E-state index contributed by atoms with van der Waals surface area (Å²) < 4.78 is 19.1. The number of rotatable bonds is 0. The van der Waals surface area contributed by atoms with Gasteiger partial charge in [0.25, 0.3) is 0 Å². The van der Waals surface area contributed by atoms with Crippen LogP contribution in [0.2, 0.25) is 0 Å². The van der Waals surface area contributed by atoms with E-state index in [4.69, 9.17) is 0 Å². The molecule has 0 aromatic rings. The van der Waals surface area contributed by atoms with Gasteiger partial charge in [0.15, 0.2) is 0 Å². The third-order valence-corrected chi connectivity index (χ3v) is 0. The Morgan fingerprint density at radius 1 is 1.25 bits per heavy atom. The molecule has 0 N–H and O–H groups in total. The number of hydrogen-bond donors (Lipinski definition) is 0. The molecule has 0 aliphatic rings. The van der Waals surface area contributed by atoms with Crippen molar-refractivity contribution in [1.82, 2.24) is 0 Å². The second kappa shape index (κ2) is 9.13. The summed E-state index contributed by atoms with van der Waals surface area (Å²) in [6, 6.07) is 0. The summed E-state index contributed by atoms with van der Waals surface area (Å²) in [5.41, 5.74) is 0. The maximum atomic E-state index is 9.56. The Bertz CT molecular complexity index is 6.00. The molecular weight excluding hydrogens is 156 g/mol. The molecule has 0 rings (SSSR count). The van der Waals surface area contributed by atoms with Crippen LogP contribution in [0.25, 0.3) is 0 Å². The van der Waals surface area contributed by atoms with Gasteiger partial charge in [-0.3, -0.25) is 0 Å². The third-order valence-electron chi connectivity index (χ3n) is 0. The molecule has 0 spiro atoms. The quantitative estimate of drug-likeness (QED) is 0.455. The molecule has 1 radical (unpaired) electrons. The van der Waals surface area contributed by atoms with Crippen molar-refractivity contribution in [2.24, 2.45) is 0 Å². The first-order valence-electron chi connectivity index (χ1n) is 0.239. The molecule has 4 heteroatoms. The van der Waals surface area contributed by atoms with E-state index in [1.807, 2.05) is 0 Å². The van der Waals surface area contributed by atoms with Crippen molar-refractivity contribution in [3.63, 3.8) is 0 Å². The fourth-order valence-corrected chi connectivity index (χ4v) is 0. The molecule has 0 bridgehead atoms. The maximum absolute atomic E-state index is 9.56. The first-order valence-corrected chi connectivity index (χ1v) is 0.986. The standard InChI is InChI=1S/Co.2FH.Ni/h;2*1H;/q;;;+2/p-2. The molecule has 0 aliphatic heterocycles. The van der Waals surface area contributed by atoms with Crippen molar-refractivity contribution >= 4 is 0 Å². The Morgan fingerprint density at radius 2 is 1.25 bits per heavy atom. The Kier molecular flexibility index (Phi) is 20.2. The molecule has 0 fully saturated rings. The topological polar surface area (TPSA) is 0 Å². The van der Waals surface area contributed by atoms with Crippen LogP contribution in [0, 0.1) is 0 Å². The fourth-order valence-electron chi connectivity index (χ4n) is 0. The SMILES string of the molecule is [Co].[F][Ni][F]. The van der Waals surface area contributed by atoms with E-state index in [1.165, 1.54) is 0 Å². The van der Waals surface area contributed by atoms with Gasteiger partial charge in [-0.05, 0) is 0 Å². The van der Waals surface area contributed by atoms with Gasteiger partial charge in [-0.25, -0.2) is 0 Å². The summed E-state index contributed by atoms with van der Waals surface area (Å²) in [5, 5.41) is 0. The molecule has 0 unspecified atom stereocenters. The van der Waals surface area contributed by atoms with Crippen LogP contribution in [0.3, 0.4) is 0 Å². The van der Waals surface area contributed by atoms with Crippen molar-refractivity contribution in [1.29, 1.82) is 0 Å². The van der Waals surface area contributed by atoms with E-state index in [9.17, 15) is 7.21 Å². The molecule has 0 aromatic heterocycles. The van der Waals surface area contributed by atoms with Gasteiger partial charge in [0, 0.05) is 16.8 Å². The summed E-state index contributed by atoms with van der Waals surface area (Å²) in [4.78, 5) is 0. The first kappa shape index (κ1) is 8.85. The minimum absolute atomic E-state index is 0. The van der Waals surface area contributed by atoms with Crippen LogP contribution < -0.4 is 0 Å². The zero-order valence-corrected chi connectivity index (χ0v) is 3.43. The van der Waals surface area contributed by atoms with Crippen LogP contribution in [-0.2, 0) is 32.1 Å². The van der Waals surface area contributed by atoms with Crippen LogP contribution in [-0.4, -0.2) is 0 Å². The summed E-state index contributed by atoms with van der Waals surface area (Å²) in [5.74, 6) is 0. The van der Waals surface area contributed by atoms with E-state index in [0.29, 0.717) is 0 Å². The average Bonchev–Trinajstić information content (AvgIpc) is 0.918. The fraction of sp³-hybridized carbons (Fsp3) is 0. The molecule has 0 aliphatic carbocycles. The second-order valence-corrected chi connectivity index (χ2v) is 0.186. The van der Waals surface area contributed by atoms with Gasteiger partial charge in [-0.1, -0.05) is 0 Å². The van der Waals surface area contributed by atoms with E-state index in [1.54, 1.807) is 0 Å². The van der Waals surface area contributed by atoms with Gasteiger partial charge in [-0.2, -0.15) is 0 Å². The molecule has 4 heavy (non-hydrogen) atoms. The number of halogens is 2. The summed E-state index contributed by atoms with van der Waals surface area (Å²) in [6.45, 7) is 0. The van der Waals surface area contributed by atoms with Crippen molar-refractivity contribution in [2.75, 3.05) is 0 Å². The Labute approximate surface area is 39.8 Å². The van der Waals surface area contributed by atoms with Gasteiger partial charge >= 0.3 is 22.5 Å². The van der Waals surface area contributed by atoms with Gasteiger partial charge in [0.2, 0.25) is 0 Å². The van der Waals surface area contributed by atoms with Gasteiger partial charge in [0.1, 0.15) is 0 Å². The minimum atomic E-state index is -1.38. The van der Waals surface area contributed by atoms with Crippen molar-refractivity contribution in [2.45, 2.75) is 0 Å². The van der Waals surface area contributed by atoms with Gasteiger partial charge in [0.05, 0.1) is 0 Å². The molecule has 0 aromatic carbocycles. The molecule has 0 saturated carbocycles. The van der Waals surface area contributed by atoms with Crippen LogP contribution in [0.15, 0.2) is 0 Å². The predicted octanol–water partition coefficient (Wildman–Crippen LogP) is 0.835. The van der Waals surface area contributed by atoms with Crippen LogP contribution in [0.1, 0.15) is 0 Å².